The number of guanidine groups is 1. The first-order valence-electron chi connectivity index (χ1n) is 8.12. The van der Waals surface area contributed by atoms with E-state index in [0.29, 0.717) is 18.6 Å². The first-order chi connectivity index (χ1) is 11.0. The Morgan fingerprint density at radius 2 is 2.04 bits per heavy atom. The predicted molar refractivity (Wildman–Crippen MR) is 98.2 cm³/mol. The molecule has 0 radical (unpaired) electrons. The smallest absolute Gasteiger partial charge is 0.193 e. The third-order valence-electron chi connectivity index (χ3n) is 3.79. The van der Waals surface area contributed by atoms with Gasteiger partial charge in [0.05, 0.1) is 12.2 Å². The van der Waals surface area contributed by atoms with Crippen LogP contribution < -0.4 is 10.6 Å². The van der Waals surface area contributed by atoms with Crippen molar-refractivity contribution < 1.29 is 0 Å². The molecule has 2 heterocycles. The van der Waals surface area contributed by atoms with E-state index in [-0.39, 0.29) is 0 Å². The van der Waals surface area contributed by atoms with Crippen molar-refractivity contribution in [1.82, 2.24) is 24.9 Å². The zero-order chi connectivity index (χ0) is 16.8. The summed E-state index contributed by atoms with van der Waals surface area (Å²) in [5.41, 5.74) is 1.02. The van der Waals surface area contributed by atoms with Crippen molar-refractivity contribution in [1.29, 1.82) is 0 Å². The van der Waals surface area contributed by atoms with E-state index < -0.39 is 0 Å². The second-order valence-corrected chi connectivity index (χ2v) is 6.98. The van der Waals surface area contributed by atoms with Crippen LogP contribution in [-0.4, -0.2) is 52.5 Å². The van der Waals surface area contributed by atoms with Crippen molar-refractivity contribution in [2.24, 2.45) is 4.99 Å². The van der Waals surface area contributed by atoms with Gasteiger partial charge in [-0.1, -0.05) is 0 Å². The molecule has 0 amide bonds. The fourth-order valence-electron chi connectivity index (χ4n) is 2.67. The lowest BCUT2D eigenvalue weighted by Gasteiger charge is -2.30. The quantitative estimate of drug-likeness (QED) is 0.601. The van der Waals surface area contributed by atoms with E-state index in [1.54, 1.807) is 18.4 Å². The summed E-state index contributed by atoms with van der Waals surface area (Å²) in [5.74, 6) is 0.814. The van der Waals surface area contributed by atoms with Gasteiger partial charge in [-0.15, -0.1) is 11.3 Å². The minimum Gasteiger partial charge on any atom is -0.355 e. The first-order valence-corrected chi connectivity index (χ1v) is 9.00. The highest BCUT2D eigenvalue weighted by molar-refractivity contribution is 7.15. The van der Waals surface area contributed by atoms with Crippen molar-refractivity contribution in [3.05, 3.63) is 23.5 Å². The lowest BCUT2D eigenvalue weighted by Crippen LogP contribution is -2.45. The van der Waals surface area contributed by atoms with Crippen LogP contribution >= 0.6 is 11.3 Å². The third kappa shape index (κ3) is 4.94. The normalized spacial score (nSPS) is 12.8. The number of thiazole rings is 1. The number of fused-ring (bicyclic) bond motifs is 1. The van der Waals surface area contributed by atoms with Crippen LogP contribution in [0.25, 0.3) is 4.96 Å². The van der Waals surface area contributed by atoms with E-state index in [4.69, 9.17) is 0 Å². The van der Waals surface area contributed by atoms with Gasteiger partial charge in [-0.3, -0.25) is 14.3 Å². The van der Waals surface area contributed by atoms with Crippen molar-refractivity contribution in [3.63, 3.8) is 0 Å². The van der Waals surface area contributed by atoms with E-state index in [2.05, 4.69) is 53.2 Å². The molecule has 0 unspecified atom stereocenters. The number of rotatable bonds is 7. The molecule has 6 nitrogen and oxygen atoms in total. The molecule has 0 bridgehead atoms. The Balaban J connectivity index is 1.78. The van der Waals surface area contributed by atoms with Crippen molar-refractivity contribution in [3.8, 4) is 0 Å². The van der Waals surface area contributed by atoms with Gasteiger partial charge in [0.2, 0.25) is 0 Å². The molecule has 0 spiro atoms. The Morgan fingerprint density at radius 3 is 2.65 bits per heavy atom. The standard InChI is InChI=1S/C16H28N6S/c1-12(2)22(13(3)4)7-6-18-15(17-5)19-10-14-11-21-8-9-23-16(21)20-14/h8-9,11-13H,6-7,10H2,1-5H3,(H2,17,18,19). The Hall–Kier alpha value is -1.60. The molecular formula is C16H28N6S. The number of nitrogens with one attached hydrogen (secondary N) is 2. The van der Waals surface area contributed by atoms with E-state index in [1.807, 2.05) is 22.2 Å². The Morgan fingerprint density at radius 1 is 1.30 bits per heavy atom. The minimum absolute atomic E-state index is 0.547. The number of hydrogen-bond acceptors (Lipinski definition) is 4. The Bertz CT molecular complexity index is 591. The van der Waals surface area contributed by atoms with Gasteiger partial charge in [0, 0.05) is 50.0 Å². The SMILES string of the molecule is CN=C(NCCN(C(C)C)C(C)C)NCc1cn2ccsc2n1. The molecule has 2 aromatic heterocycles. The van der Waals surface area contributed by atoms with Crippen LogP contribution in [0.5, 0.6) is 0 Å². The first kappa shape index (κ1) is 17.7. The zero-order valence-corrected chi connectivity index (χ0v) is 15.5. The molecule has 0 aromatic carbocycles. The van der Waals surface area contributed by atoms with E-state index in [9.17, 15) is 0 Å². The summed E-state index contributed by atoms with van der Waals surface area (Å²) in [6.07, 6.45) is 4.07. The maximum absolute atomic E-state index is 4.56. The minimum atomic E-state index is 0.547. The summed E-state index contributed by atoms with van der Waals surface area (Å²) >= 11 is 1.64. The number of imidazole rings is 1. The van der Waals surface area contributed by atoms with Gasteiger partial charge in [0.1, 0.15) is 0 Å². The number of hydrogen-bond donors (Lipinski definition) is 2. The summed E-state index contributed by atoms with van der Waals surface area (Å²) in [5, 5.41) is 8.73. The third-order valence-corrected chi connectivity index (χ3v) is 4.56. The second kappa shape index (κ2) is 8.31. The highest BCUT2D eigenvalue weighted by Crippen LogP contribution is 2.10. The van der Waals surface area contributed by atoms with Gasteiger partial charge in [0.15, 0.2) is 10.9 Å². The van der Waals surface area contributed by atoms with Crippen LogP contribution in [0.2, 0.25) is 0 Å². The Labute approximate surface area is 142 Å². The highest BCUT2D eigenvalue weighted by Gasteiger charge is 2.12. The summed E-state index contributed by atoms with van der Waals surface area (Å²) in [6.45, 7) is 11.5. The average molecular weight is 337 g/mol. The van der Waals surface area contributed by atoms with Gasteiger partial charge < -0.3 is 10.6 Å². The zero-order valence-electron chi connectivity index (χ0n) is 14.7. The fraction of sp³-hybridized carbons (Fsp3) is 0.625. The number of aromatic nitrogens is 2. The molecular weight excluding hydrogens is 308 g/mol. The van der Waals surface area contributed by atoms with E-state index in [0.717, 1.165) is 29.7 Å². The molecule has 0 aliphatic heterocycles. The van der Waals surface area contributed by atoms with Crippen molar-refractivity contribution in [2.45, 2.75) is 46.3 Å². The molecule has 0 saturated carbocycles. The molecule has 128 valence electrons. The molecule has 7 heteroatoms. The molecule has 0 aliphatic carbocycles. The summed E-state index contributed by atoms with van der Waals surface area (Å²) in [7, 11) is 1.80. The molecule has 0 fully saturated rings. The van der Waals surface area contributed by atoms with Crippen molar-refractivity contribution in [2.75, 3.05) is 20.1 Å². The van der Waals surface area contributed by atoms with Crippen LogP contribution in [0.3, 0.4) is 0 Å². The van der Waals surface area contributed by atoms with Gasteiger partial charge in [-0.05, 0) is 27.7 Å². The molecule has 2 rings (SSSR count). The topological polar surface area (TPSA) is 57.0 Å². The highest BCUT2D eigenvalue weighted by atomic mass is 32.1. The fourth-order valence-corrected chi connectivity index (χ4v) is 3.39. The molecule has 23 heavy (non-hydrogen) atoms. The summed E-state index contributed by atoms with van der Waals surface area (Å²) < 4.78 is 2.04. The summed E-state index contributed by atoms with van der Waals surface area (Å²) in [4.78, 5) is 12.3. The molecule has 0 aliphatic rings. The van der Waals surface area contributed by atoms with Gasteiger partial charge in [-0.25, -0.2) is 4.98 Å². The van der Waals surface area contributed by atoms with Crippen LogP contribution in [-0.2, 0) is 6.54 Å². The molecule has 2 aromatic rings. The molecule has 0 saturated heterocycles. The van der Waals surface area contributed by atoms with Gasteiger partial charge in [0.25, 0.3) is 0 Å². The Kier molecular flexibility index (Phi) is 6.41. The number of nitrogens with zero attached hydrogens (tertiary/aromatic N) is 4. The summed E-state index contributed by atoms with van der Waals surface area (Å²) in [6, 6.07) is 1.09. The maximum Gasteiger partial charge on any atom is 0.193 e. The number of aliphatic imine (C=N–C) groups is 1. The largest absolute Gasteiger partial charge is 0.355 e. The van der Waals surface area contributed by atoms with E-state index in [1.165, 1.54) is 0 Å². The maximum atomic E-state index is 4.56. The molecule has 2 N–H and O–H groups in total. The monoisotopic (exact) mass is 336 g/mol. The second-order valence-electron chi connectivity index (χ2n) is 6.10. The van der Waals surface area contributed by atoms with Crippen LogP contribution in [0.15, 0.2) is 22.8 Å². The van der Waals surface area contributed by atoms with Crippen LogP contribution in [0.4, 0.5) is 0 Å². The van der Waals surface area contributed by atoms with Gasteiger partial charge >= 0.3 is 0 Å². The van der Waals surface area contributed by atoms with Crippen LogP contribution in [0.1, 0.15) is 33.4 Å². The lowest BCUT2D eigenvalue weighted by molar-refractivity contribution is 0.178. The van der Waals surface area contributed by atoms with Crippen molar-refractivity contribution >= 4 is 22.3 Å². The predicted octanol–water partition coefficient (Wildman–Crippen LogP) is 2.18. The average Bonchev–Trinajstić information content (AvgIpc) is 3.06. The lowest BCUT2D eigenvalue weighted by atomic mass is 10.2. The molecule has 0 atom stereocenters. The van der Waals surface area contributed by atoms with Crippen LogP contribution in [0, 0.1) is 0 Å². The van der Waals surface area contributed by atoms with Gasteiger partial charge in [-0.2, -0.15) is 0 Å². The van der Waals surface area contributed by atoms with E-state index >= 15 is 0 Å².